The van der Waals surface area contributed by atoms with Gasteiger partial charge in [-0.2, -0.15) is 4.31 Å². The topological polar surface area (TPSA) is 113 Å². The summed E-state index contributed by atoms with van der Waals surface area (Å²) in [6.45, 7) is 6.83. The molecule has 1 unspecified atom stereocenters. The molecule has 1 N–H and O–H groups in total. The third-order valence-corrected chi connectivity index (χ3v) is 8.90. The molecule has 11 heteroatoms. The van der Waals surface area contributed by atoms with Crippen molar-refractivity contribution in [2.24, 2.45) is 0 Å². The van der Waals surface area contributed by atoms with E-state index in [9.17, 15) is 21.6 Å². The van der Waals surface area contributed by atoms with E-state index in [1.807, 2.05) is 19.9 Å². The molecule has 0 saturated carbocycles. The molecule has 0 spiro atoms. The third-order valence-electron chi connectivity index (χ3n) is 5.80. The largest absolute Gasteiger partial charge is 0.379 e. The van der Waals surface area contributed by atoms with Crippen molar-refractivity contribution in [2.45, 2.75) is 38.1 Å². The molecule has 1 aliphatic heterocycles. The van der Waals surface area contributed by atoms with Gasteiger partial charge in [-0.1, -0.05) is 13.0 Å². The van der Waals surface area contributed by atoms with Crippen LogP contribution in [0.15, 0.2) is 47.4 Å². The second-order valence-electron chi connectivity index (χ2n) is 8.28. The number of sulfonamides is 2. The summed E-state index contributed by atoms with van der Waals surface area (Å²) in [5.41, 5.74) is 2.72. The summed E-state index contributed by atoms with van der Waals surface area (Å²) in [7, 11) is -7.41. The average molecular weight is 510 g/mol. The molecule has 2 aromatic rings. The van der Waals surface area contributed by atoms with E-state index in [1.165, 1.54) is 28.6 Å². The Balaban J connectivity index is 1.82. The summed E-state index contributed by atoms with van der Waals surface area (Å²) in [6, 6.07) is 10.1. The Hall–Kier alpha value is -2.47. The SMILES string of the molecule is CCC(C(=O)Nc1ccc(S(=O)(=O)N2CCOCC2)cc1)N(c1ccc(C)c(C)c1)S(C)(=O)=O. The fraction of sp³-hybridized carbons (Fsp3) is 0.435. The van der Waals surface area contributed by atoms with Crippen molar-refractivity contribution in [3.05, 3.63) is 53.6 Å². The highest BCUT2D eigenvalue weighted by atomic mass is 32.2. The van der Waals surface area contributed by atoms with Gasteiger partial charge in [-0.05, 0) is 67.8 Å². The number of carbonyl (C=O) groups excluding carboxylic acids is 1. The van der Waals surface area contributed by atoms with E-state index in [4.69, 9.17) is 4.74 Å². The number of hydrogen-bond donors (Lipinski definition) is 1. The maximum absolute atomic E-state index is 13.1. The van der Waals surface area contributed by atoms with E-state index in [0.717, 1.165) is 21.7 Å². The number of nitrogens with one attached hydrogen (secondary N) is 1. The summed E-state index contributed by atoms with van der Waals surface area (Å²) >= 11 is 0. The van der Waals surface area contributed by atoms with Gasteiger partial charge in [0.2, 0.25) is 26.0 Å². The lowest BCUT2D eigenvalue weighted by Crippen LogP contribution is -2.47. The molecule has 0 radical (unpaired) electrons. The van der Waals surface area contributed by atoms with Crippen molar-refractivity contribution in [3.63, 3.8) is 0 Å². The zero-order valence-electron chi connectivity index (χ0n) is 19.8. The smallest absolute Gasteiger partial charge is 0.248 e. The molecule has 9 nitrogen and oxygen atoms in total. The molecule has 2 aromatic carbocycles. The Morgan fingerprint density at radius 2 is 1.65 bits per heavy atom. The predicted molar refractivity (Wildman–Crippen MR) is 132 cm³/mol. The molecule has 1 saturated heterocycles. The van der Waals surface area contributed by atoms with E-state index in [2.05, 4.69) is 5.32 Å². The third kappa shape index (κ3) is 5.77. The molecule has 1 fully saturated rings. The number of hydrogen-bond acceptors (Lipinski definition) is 6. The number of anilines is 2. The number of aryl methyl sites for hydroxylation is 2. The van der Waals surface area contributed by atoms with Crippen LogP contribution >= 0.6 is 0 Å². The van der Waals surface area contributed by atoms with E-state index in [-0.39, 0.29) is 11.3 Å². The van der Waals surface area contributed by atoms with Crippen LogP contribution in [0, 0.1) is 13.8 Å². The number of carbonyl (C=O) groups is 1. The van der Waals surface area contributed by atoms with Crippen LogP contribution in [0.3, 0.4) is 0 Å². The average Bonchev–Trinajstić information content (AvgIpc) is 2.79. The predicted octanol–water partition coefficient (Wildman–Crippen LogP) is 2.51. The van der Waals surface area contributed by atoms with Crippen LogP contribution in [-0.4, -0.2) is 65.6 Å². The summed E-state index contributed by atoms with van der Waals surface area (Å²) in [5, 5.41) is 2.73. The first-order chi connectivity index (χ1) is 15.9. The molecule has 1 aliphatic rings. The van der Waals surface area contributed by atoms with Crippen molar-refractivity contribution in [3.8, 4) is 0 Å². The van der Waals surface area contributed by atoms with Gasteiger partial charge in [0.15, 0.2) is 0 Å². The quantitative estimate of drug-likeness (QED) is 0.585. The number of rotatable bonds is 8. The minimum Gasteiger partial charge on any atom is -0.379 e. The highest BCUT2D eigenvalue weighted by Crippen LogP contribution is 2.26. The van der Waals surface area contributed by atoms with Crippen LogP contribution < -0.4 is 9.62 Å². The number of nitrogens with zero attached hydrogens (tertiary/aromatic N) is 2. The van der Waals surface area contributed by atoms with Gasteiger partial charge in [-0.3, -0.25) is 9.10 Å². The monoisotopic (exact) mass is 509 g/mol. The Bertz CT molecular complexity index is 1240. The first-order valence-electron chi connectivity index (χ1n) is 11.0. The van der Waals surface area contributed by atoms with E-state index >= 15 is 0 Å². The number of ether oxygens (including phenoxy) is 1. The fourth-order valence-corrected chi connectivity index (χ4v) is 6.41. The Morgan fingerprint density at radius 1 is 1.03 bits per heavy atom. The van der Waals surface area contributed by atoms with Crippen molar-refractivity contribution >= 4 is 37.3 Å². The van der Waals surface area contributed by atoms with Crippen molar-refractivity contribution < 1.29 is 26.4 Å². The molecular formula is C23H31N3O6S2. The summed E-state index contributed by atoms with van der Waals surface area (Å²) in [5.74, 6) is -0.505. The molecule has 1 atom stereocenters. The van der Waals surface area contributed by atoms with Crippen LogP contribution in [0.4, 0.5) is 11.4 Å². The maximum Gasteiger partial charge on any atom is 0.248 e. The molecule has 1 amide bonds. The second kappa shape index (κ2) is 10.4. The van der Waals surface area contributed by atoms with Crippen molar-refractivity contribution in [1.82, 2.24) is 4.31 Å². The van der Waals surface area contributed by atoms with Crippen LogP contribution in [-0.2, 0) is 29.6 Å². The van der Waals surface area contributed by atoms with Crippen LogP contribution in [0.25, 0.3) is 0 Å². The summed E-state index contributed by atoms with van der Waals surface area (Å²) in [4.78, 5) is 13.2. The summed E-state index contributed by atoms with van der Waals surface area (Å²) in [6.07, 6.45) is 1.32. The lowest BCUT2D eigenvalue weighted by Gasteiger charge is -2.30. The highest BCUT2D eigenvalue weighted by Gasteiger charge is 2.32. The molecule has 0 aliphatic carbocycles. The molecular weight excluding hydrogens is 478 g/mol. The number of amides is 1. The fourth-order valence-electron chi connectivity index (χ4n) is 3.79. The van der Waals surface area contributed by atoms with Gasteiger partial charge in [0.1, 0.15) is 6.04 Å². The second-order valence-corrected chi connectivity index (χ2v) is 12.1. The lowest BCUT2D eigenvalue weighted by atomic mass is 10.1. The van der Waals surface area contributed by atoms with Crippen LogP contribution in [0.2, 0.25) is 0 Å². The first kappa shape index (κ1) is 26.1. The highest BCUT2D eigenvalue weighted by molar-refractivity contribution is 7.92. The van der Waals surface area contributed by atoms with Gasteiger partial charge in [0.05, 0.1) is 30.1 Å². The van der Waals surface area contributed by atoms with E-state index in [0.29, 0.717) is 37.7 Å². The van der Waals surface area contributed by atoms with Crippen LogP contribution in [0.1, 0.15) is 24.5 Å². The lowest BCUT2D eigenvalue weighted by molar-refractivity contribution is -0.117. The standard InChI is InChI=1S/C23H31N3O6S2/c1-5-22(26(33(4,28)29)20-9-6-17(2)18(3)16-20)23(27)24-19-7-10-21(11-8-19)34(30,31)25-12-14-32-15-13-25/h6-11,16,22H,5,12-15H2,1-4H3,(H,24,27). The Kier molecular flexibility index (Phi) is 8.02. The minimum atomic E-state index is -3.76. The molecule has 34 heavy (non-hydrogen) atoms. The number of benzene rings is 2. The Morgan fingerprint density at radius 3 is 2.18 bits per heavy atom. The zero-order valence-corrected chi connectivity index (χ0v) is 21.4. The number of morpholine rings is 1. The van der Waals surface area contributed by atoms with Gasteiger partial charge in [-0.15, -0.1) is 0 Å². The van der Waals surface area contributed by atoms with Crippen molar-refractivity contribution in [2.75, 3.05) is 42.2 Å². The molecule has 186 valence electrons. The van der Waals surface area contributed by atoms with Crippen LogP contribution in [0.5, 0.6) is 0 Å². The molecule has 0 bridgehead atoms. The van der Waals surface area contributed by atoms with Gasteiger partial charge >= 0.3 is 0 Å². The van der Waals surface area contributed by atoms with E-state index < -0.39 is 32.0 Å². The van der Waals surface area contributed by atoms with Gasteiger partial charge in [0.25, 0.3) is 0 Å². The zero-order chi connectivity index (χ0) is 25.1. The first-order valence-corrected chi connectivity index (χ1v) is 14.3. The normalized spacial score (nSPS) is 16.1. The minimum absolute atomic E-state index is 0.118. The molecule has 3 rings (SSSR count). The summed E-state index contributed by atoms with van der Waals surface area (Å²) < 4.78 is 58.6. The van der Waals surface area contributed by atoms with E-state index in [1.54, 1.807) is 19.1 Å². The van der Waals surface area contributed by atoms with Gasteiger partial charge in [0, 0.05) is 18.8 Å². The molecule has 0 aromatic heterocycles. The van der Waals surface area contributed by atoms with Gasteiger partial charge < -0.3 is 10.1 Å². The molecule has 1 heterocycles. The maximum atomic E-state index is 13.1. The van der Waals surface area contributed by atoms with Crippen molar-refractivity contribution in [1.29, 1.82) is 0 Å². The van der Waals surface area contributed by atoms with Gasteiger partial charge in [-0.25, -0.2) is 16.8 Å². The Labute approximate surface area is 201 Å².